The van der Waals surface area contributed by atoms with Gasteiger partial charge in [0.2, 0.25) is 11.6 Å². The molecule has 31 heavy (non-hydrogen) atoms. The van der Waals surface area contributed by atoms with Crippen molar-refractivity contribution in [3.63, 3.8) is 0 Å². The first-order valence-electron chi connectivity index (χ1n) is 9.21. The number of anilines is 4. The number of nitro groups is 1. The van der Waals surface area contributed by atoms with E-state index < -0.39 is 4.92 Å². The van der Waals surface area contributed by atoms with Crippen LogP contribution >= 0.6 is 11.6 Å². The molecule has 0 aliphatic heterocycles. The second kappa shape index (κ2) is 9.10. The molecule has 0 aliphatic carbocycles. The highest BCUT2D eigenvalue weighted by Crippen LogP contribution is 2.35. The SMILES string of the molecule is O=[N+]([O-])c1c(Nc2ccc(Oc3ccccc3)cc2)ncnc1Nc1ccccc1Cl. The molecular weight excluding hydrogens is 418 g/mol. The summed E-state index contributed by atoms with van der Waals surface area (Å²) in [4.78, 5) is 19.3. The Morgan fingerprint density at radius 1 is 0.806 bits per heavy atom. The van der Waals surface area contributed by atoms with Gasteiger partial charge in [0.15, 0.2) is 0 Å². The van der Waals surface area contributed by atoms with Crippen molar-refractivity contribution >= 4 is 40.3 Å². The van der Waals surface area contributed by atoms with Crippen molar-refractivity contribution in [3.8, 4) is 11.5 Å². The fourth-order valence-electron chi connectivity index (χ4n) is 2.79. The number of ether oxygens (including phenoxy) is 1. The van der Waals surface area contributed by atoms with E-state index >= 15 is 0 Å². The van der Waals surface area contributed by atoms with Gasteiger partial charge in [0.05, 0.1) is 15.6 Å². The number of rotatable bonds is 7. The van der Waals surface area contributed by atoms with E-state index in [1.165, 1.54) is 6.33 Å². The summed E-state index contributed by atoms with van der Waals surface area (Å²) in [7, 11) is 0. The molecule has 0 radical (unpaired) electrons. The summed E-state index contributed by atoms with van der Waals surface area (Å²) in [5, 5.41) is 18.0. The Labute approximate surface area is 182 Å². The second-order valence-corrected chi connectivity index (χ2v) is 6.75. The summed E-state index contributed by atoms with van der Waals surface area (Å²) in [6, 6.07) is 23.3. The monoisotopic (exact) mass is 433 g/mol. The van der Waals surface area contributed by atoms with E-state index in [2.05, 4.69) is 20.6 Å². The van der Waals surface area contributed by atoms with Crippen LogP contribution in [0.3, 0.4) is 0 Å². The molecule has 4 rings (SSSR count). The first-order chi connectivity index (χ1) is 15.1. The molecule has 1 aromatic heterocycles. The summed E-state index contributed by atoms with van der Waals surface area (Å²) >= 11 is 6.15. The van der Waals surface area contributed by atoms with E-state index in [-0.39, 0.29) is 17.3 Å². The summed E-state index contributed by atoms with van der Waals surface area (Å²) in [5.41, 5.74) is 0.803. The topological polar surface area (TPSA) is 102 Å². The molecule has 0 unspecified atom stereocenters. The third-order valence-corrected chi connectivity index (χ3v) is 4.56. The molecule has 9 heteroatoms. The lowest BCUT2D eigenvalue weighted by Gasteiger charge is -2.11. The van der Waals surface area contributed by atoms with Gasteiger partial charge < -0.3 is 15.4 Å². The average molecular weight is 434 g/mol. The molecule has 0 saturated heterocycles. The van der Waals surface area contributed by atoms with Crippen LogP contribution in [0.15, 0.2) is 85.2 Å². The van der Waals surface area contributed by atoms with E-state index in [9.17, 15) is 10.1 Å². The van der Waals surface area contributed by atoms with Crippen molar-refractivity contribution in [2.75, 3.05) is 10.6 Å². The smallest absolute Gasteiger partial charge is 0.353 e. The Kier molecular flexibility index (Phi) is 5.91. The van der Waals surface area contributed by atoms with Crippen LogP contribution in [0.25, 0.3) is 0 Å². The number of nitrogens with one attached hydrogen (secondary N) is 2. The largest absolute Gasteiger partial charge is 0.457 e. The normalized spacial score (nSPS) is 10.4. The lowest BCUT2D eigenvalue weighted by atomic mass is 10.3. The van der Waals surface area contributed by atoms with Gasteiger partial charge in [-0.05, 0) is 48.5 Å². The highest BCUT2D eigenvalue weighted by Gasteiger charge is 2.23. The van der Waals surface area contributed by atoms with Crippen LogP contribution < -0.4 is 15.4 Å². The highest BCUT2D eigenvalue weighted by atomic mass is 35.5. The summed E-state index contributed by atoms with van der Waals surface area (Å²) < 4.78 is 5.76. The zero-order valence-corrected chi connectivity index (χ0v) is 16.8. The molecule has 1 heterocycles. The number of para-hydroxylation sites is 2. The minimum absolute atomic E-state index is 0.0274. The third-order valence-electron chi connectivity index (χ3n) is 4.23. The summed E-state index contributed by atoms with van der Waals surface area (Å²) in [5.74, 6) is 1.42. The second-order valence-electron chi connectivity index (χ2n) is 6.35. The average Bonchev–Trinajstić information content (AvgIpc) is 2.77. The van der Waals surface area contributed by atoms with Crippen molar-refractivity contribution in [2.24, 2.45) is 0 Å². The van der Waals surface area contributed by atoms with Gasteiger partial charge in [-0.25, -0.2) is 9.97 Å². The molecule has 0 spiro atoms. The fourth-order valence-corrected chi connectivity index (χ4v) is 2.98. The third kappa shape index (κ3) is 4.88. The standard InChI is InChI=1S/C22H16ClN5O3/c23-18-8-4-5-9-19(18)27-22-20(28(29)30)21(24-14-25-22)26-15-10-12-17(13-11-15)31-16-6-2-1-3-7-16/h1-14H,(H2,24,25,26,27). The number of halogens is 1. The van der Waals surface area contributed by atoms with Crippen LogP contribution in [0.1, 0.15) is 0 Å². The zero-order valence-electron chi connectivity index (χ0n) is 16.0. The van der Waals surface area contributed by atoms with Crippen LogP contribution in [0.5, 0.6) is 11.5 Å². The van der Waals surface area contributed by atoms with Crippen molar-refractivity contribution in [2.45, 2.75) is 0 Å². The fraction of sp³-hybridized carbons (Fsp3) is 0. The minimum atomic E-state index is -0.547. The van der Waals surface area contributed by atoms with Crippen molar-refractivity contribution in [3.05, 3.63) is 100 Å². The predicted molar refractivity (Wildman–Crippen MR) is 120 cm³/mol. The van der Waals surface area contributed by atoms with E-state index in [0.29, 0.717) is 27.9 Å². The van der Waals surface area contributed by atoms with Gasteiger partial charge >= 0.3 is 5.69 Å². The number of hydrogen-bond donors (Lipinski definition) is 2. The maximum absolute atomic E-state index is 11.8. The quantitative estimate of drug-likeness (QED) is 0.259. The first-order valence-corrected chi connectivity index (χ1v) is 9.59. The highest BCUT2D eigenvalue weighted by molar-refractivity contribution is 6.33. The number of hydrogen-bond acceptors (Lipinski definition) is 7. The van der Waals surface area contributed by atoms with Crippen LogP contribution in [0.4, 0.5) is 28.7 Å². The van der Waals surface area contributed by atoms with Gasteiger partial charge in [-0.15, -0.1) is 0 Å². The van der Waals surface area contributed by atoms with Gasteiger partial charge in [0.25, 0.3) is 0 Å². The molecule has 8 nitrogen and oxygen atoms in total. The molecule has 2 N–H and O–H groups in total. The van der Waals surface area contributed by atoms with Crippen molar-refractivity contribution < 1.29 is 9.66 Å². The number of nitrogens with zero attached hydrogens (tertiary/aromatic N) is 3. The first kappa shape index (κ1) is 20.1. The molecule has 0 atom stereocenters. The molecular formula is C22H16ClN5O3. The molecule has 0 aliphatic rings. The van der Waals surface area contributed by atoms with E-state index in [0.717, 1.165) is 0 Å². The van der Waals surface area contributed by atoms with Crippen LogP contribution in [0, 0.1) is 10.1 Å². The number of aromatic nitrogens is 2. The van der Waals surface area contributed by atoms with Crippen LogP contribution in [0.2, 0.25) is 5.02 Å². The van der Waals surface area contributed by atoms with Crippen LogP contribution in [-0.4, -0.2) is 14.9 Å². The Morgan fingerprint density at radius 3 is 2.10 bits per heavy atom. The van der Waals surface area contributed by atoms with E-state index in [1.807, 2.05) is 30.3 Å². The Morgan fingerprint density at radius 2 is 1.42 bits per heavy atom. The minimum Gasteiger partial charge on any atom is -0.457 e. The molecule has 0 amide bonds. The molecule has 0 saturated carbocycles. The maximum atomic E-state index is 11.8. The van der Waals surface area contributed by atoms with Gasteiger partial charge in [-0.3, -0.25) is 10.1 Å². The molecule has 154 valence electrons. The lowest BCUT2D eigenvalue weighted by Crippen LogP contribution is -2.05. The van der Waals surface area contributed by atoms with Crippen molar-refractivity contribution in [1.82, 2.24) is 9.97 Å². The molecule has 0 fully saturated rings. The van der Waals surface area contributed by atoms with Gasteiger partial charge in [-0.2, -0.15) is 0 Å². The van der Waals surface area contributed by atoms with Crippen LogP contribution in [-0.2, 0) is 0 Å². The molecule has 0 bridgehead atoms. The predicted octanol–water partition coefficient (Wildman–Crippen LogP) is 6.32. The maximum Gasteiger partial charge on any atom is 0.353 e. The van der Waals surface area contributed by atoms with E-state index in [1.54, 1.807) is 48.5 Å². The lowest BCUT2D eigenvalue weighted by molar-refractivity contribution is -0.383. The number of benzene rings is 3. The summed E-state index contributed by atoms with van der Waals surface area (Å²) in [6.45, 7) is 0. The van der Waals surface area contributed by atoms with Gasteiger partial charge in [0, 0.05) is 5.69 Å². The molecule has 3 aromatic carbocycles. The molecule has 4 aromatic rings. The van der Waals surface area contributed by atoms with E-state index in [4.69, 9.17) is 16.3 Å². The van der Waals surface area contributed by atoms with Gasteiger partial charge in [-0.1, -0.05) is 41.9 Å². The summed E-state index contributed by atoms with van der Waals surface area (Å²) in [6.07, 6.45) is 1.24. The van der Waals surface area contributed by atoms with Crippen molar-refractivity contribution in [1.29, 1.82) is 0 Å². The Balaban J connectivity index is 1.57. The Bertz CT molecular complexity index is 1200. The zero-order chi connectivity index (χ0) is 21.6. The van der Waals surface area contributed by atoms with Gasteiger partial charge in [0.1, 0.15) is 17.8 Å². The Hall–Kier alpha value is -4.17.